The molecule has 0 aliphatic rings. The molecule has 0 radical (unpaired) electrons. The molecule has 0 fully saturated rings. The van der Waals surface area contributed by atoms with Gasteiger partial charge in [0.15, 0.2) is 0 Å². The first-order valence-electron chi connectivity index (χ1n) is 8.76. The average molecular weight is 352 g/mol. The SMILES string of the molecule is CC.CF.CNCCC[SiH3].Cc1ccccc1.Cc1ccccc1. The summed E-state index contributed by atoms with van der Waals surface area (Å²) >= 11 is 0. The van der Waals surface area contributed by atoms with Gasteiger partial charge in [0.05, 0.1) is 7.18 Å². The van der Waals surface area contributed by atoms with E-state index in [1.807, 2.05) is 57.3 Å². The molecule has 0 amide bonds. The van der Waals surface area contributed by atoms with E-state index in [0.29, 0.717) is 7.18 Å². The number of benzene rings is 2. The van der Waals surface area contributed by atoms with Gasteiger partial charge < -0.3 is 5.32 Å². The third kappa shape index (κ3) is 25.5. The molecule has 0 aliphatic heterocycles. The zero-order chi connectivity index (χ0) is 19.1. The van der Waals surface area contributed by atoms with Crippen LogP contribution in [0.15, 0.2) is 60.7 Å². The molecule has 0 saturated carbocycles. The minimum atomic E-state index is 0.500. The number of aryl methyl sites for hydroxylation is 2. The second kappa shape index (κ2) is 26.4. The maximum absolute atomic E-state index is 9.50. The van der Waals surface area contributed by atoms with E-state index in [1.165, 1.54) is 40.4 Å². The molecule has 138 valence electrons. The van der Waals surface area contributed by atoms with Crippen LogP contribution >= 0.6 is 0 Å². The van der Waals surface area contributed by atoms with Crippen molar-refractivity contribution in [2.45, 2.75) is 40.2 Å². The molecule has 0 aliphatic carbocycles. The van der Waals surface area contributed by atoms with Crippen molar-refractivity contribution < 1.29 is 4.39 Å². The van der Waals surface area contributed by atoms with E-state index in [-0.39, 0.29) is 0 Å². The lowest BCUT2D eigenvalue weighted by atomic mass is 10.2. The first kappa shape index (κ1) is 27.4. The summed E-state index contributed by atoms with van der Waals surface area (Å²) in [7, 11) is 3.86. The smallest absolute Gasteiger partial charge is 0.0785 e. The summed E-state index contributed by atoms with van der Waals surface area (Å²) < 4.78 is 9.50. The van der Waals surface area contributed by atoms with Gasteiger partial charge >= 0.3 is 0 Å². The minimum Gasteiger partial charge on any atom is -0.320 e. The normalized spacial score (nSPS) is 7.96. The molecule has 0 saturated heterocycles. The number of hydrogen-bond donors (Lipinski definition) is 1. The Morgan fingerprint density at radius 3 is 1.25 bits per heavy atom. The number of hydrogen-bond acceptors (Lipinski definition) is 1. The van der Waals surface area contributed by atoms with Gasteiger partial charge in [0.25, 0.3) is 0 Å². The first-order valence-corrected chi connectivity index (χ1v) is 10.2. The fourth-order valence-corrected chi connectivity index (χ4v) is 1.78. The van der Waals surface area contributed by atoms with Crippen LogP contribution in [0, 0.1) is 13.8 Å². The Hall–Kier alpha value is -1.45. The molecule has 0 bridgehead atoms. The van der Waals surface area contributed by atoms with Crippen LogP contribution in [0.25, 0.3) is 0 Å². The molecule has 1 N–H and O–H groups in total. The summed E-state index contributed by atoms with van der Waals surface area (Å²) in [6, 6.07) is 22.0. The fraction of sp³-hybridized carbons (Fsp3) is 0.429. The number of nitrogens with one attached hydrogen (secondary N) is 1. The van der Waals surface area contributed by atoms with Crippen LogP contribution < -0.4 is 5.32 Å². The zero-order valence-electron chi connectivity index (χ0n) is 16.8. The van der Waals surface area contributed by atoms with Gasteiger partial charge in [-0.2, -0.15) is 0 Å². The summed E-state index contributed by atoms with van der Waals surface area (Å²) in [6.07, 6.45) is 1.36. The van der Waals surface area contributed by atoms with Crippen LogP contribution in [-0.4, -0.2) is 31.0 Å². The lowest BCUT2D eigenvalue weighted by Gasteiger charge is -1.89. The van der Waals surface area contributed by atoms with Gasteiger partial charge in [-0.1, -0.05) is 91.7 Å². The monoisotopic (exact) mass is 351 g/mol. The molecule has 0 aromatic heterocycles. The Morgan fingerprint density at radius 1 is 0.792 bits per heavy atom. The highest BCUT2D eigenvalue weighted by Crippen LogP contribution is 1.92. The molecule has 0 heterocycles. The van der Waals surface area contributed by atoms with Gasteiger partial charge in [0.1, 0.15) is 0 Å². The predicted octanol–water partition coefficient (Wildman–Crippen LogP) is 4.98. The quantitative estimate of drug-likeness (QED) is 0.607. The van der Waals surface area contributed by atoms with Crippen LogP contribution in [0.1, 0.15) is 31.4 Å². The highest BCUT2D eigenvalue weighted by molar-refractivity contribution is 6.08. The van der Waals surface area contributed by atoms with E-state index in [4.69, 9.17) is 0 Å². The fourth-order valence-electron chi connectivity index (χ4n) is 1.42. The maximum Gasteiger partial charge on any atom is 0.0785 e. The Balaban J connectivity index is -0.000000250. The Kier molecular flexibility index (Phi) is 30.2. The lowest BCUT2D eigenvalue weighted by molar-refractivity contribution is 0.636. The van der Waals surface area contributed by atoms with Crippen molar-refractivity contribution >= 4 is 10.2 Å². The van der Waals surface area contributed by atoms with Crippen LogP contribution in [0.4, 0.5) is 4.39 Å². The standard InChI is InChI=1S/2C7H8.C4H13NSi.C2H6.CH3F/c2*1-7-5-3-2-4-6-7;1-5-3-2-4-6;2*1-2/h2*2-6H,1H3;5H,2-4H2,1,6H3;1-2H3;1H3. The van der Waals surface area contributed by atoms with Crippen molar-refractivity contribution in [2.75, 3.05) is 20.8 Å². The van der Waals surface area contributed by atoms with Crippen molar-refractivity contribution in [3.8, 4) is 0 Å². The van der Waals surface area contributed by atoms with Crippen molar-refractivity contribution in [3.63, 3.8) is 0 Å². The summed E-state index contributed by atoms with van der Waals surface area (Å²) in [5.41, 5.74) is 2.64. The van der Waals surface area contributed by atoms with E-state index in [1.54, 1.807) is 0 Å². The van der Waals surface area contributed by atoms with E-state index in [2.05, 4.69) is 43.4 Å². The molecule has 0 unspecified atom stereocenters. The minimum absolute atomic E-state index is 0.500. The van der Waals surface area contributed by atoms with Gasteiger partial charge in [0, 0.05) is 10.2 Å². The molecule has 0 atom stereocenters. The van der Waals surface area contributed by atoms with Gasteiger partial charge in [-0.3, -0.25) is 4.39 Å². The number of alkyl halides is 1. The lowest BCUT2D eigenvalue weighted by Crippen LogP contribution is -2.06. The highest BCUT2D eigenvalue weighted by Gasteiger charge is 1.74. The van der Waals surface area contributed by atoms with Crippen LogP contribution in [0.2, 0.25) is 6.04 Å². The van der Waals surface area contributed by atoms with Crippen LogP contribution in [0.3, 0.4) is 0 Å². The summed E-state index contributed by atoms with van der Waals surface area (Å²) in [6.45, 7) is 9.36. The number of halogens is 1. The second-order valence-corrected chi connectivity index (χ2v) is 5.77. The molecule has 2 rings (SSSR count). The van der Waals surface area contributed by atoms with Gasteiger partial charge in [-0.15, -0.1) is 0 Å². The molecular weight excluding hydrogens is 313 g/mol. The van der Waals surface area contributed by atoms with E-state index >= 15 is 0 Å². The van der Waals surface area contributed by atoms with E-state index < -0.39 is 0 Å². The van der Waals surface area contributed by atoms with Crippen molar-refractivity contribution in [1.29, 1.82) is 0 Å². The van der Waals surface area contributed by atoms with E-state index in [9.17, 15) is 4.39 Å². The molecular formula is C21H38FNSi. The zero-order valence-corrected chi connectivity index (χ0v) is 18.8. The third-order valence-electron chi connectivity index (χ3n) is 2.66. The maximum atomic E-state index is 9.50. The molecule has 0 spiro atoms. The molecule has 1 nitrogen and oxygen atoms in total. The Bertz CT molecular complexity index is 365. The van der Waals surface area contributed by atoms with Crippen molar-refractivity contribution in [1.82, 2.24) is 5.32 Å². The topological polar surface area (TPSA) is 12.0 Å². The molecule has 2 aromatic carbocycles. The predicted molar refractivity (Wildman–Crippen MR) is 114 cm³/mol. The van der Waals surface area contributed by atoms with Gasteiger partial charge in [-0.25, -0.2) is 0 Å². The van der Waals surface area contributed by atoms with Crippen molar-refractivity contribution in [2.24, 2.45) is 0 Å². The van der Waals surface area contributed by atoms with Crippen LogP contribution in [-0.2, 0) is 0 Å². The van der Waals surface area contributed by atoms with E-state index in [0.717, 1.165) is 0 Å². The highest BCUT2D eigenvalue weighted by atomic mass is 28.1. The summed E-state index contributed by atoms with van der Waals surface area (Å²) in [4.78, 5) is 0. The van der Waals surface area contributed by atoms with Gasteiger partial charge in [-0.05, 0) is 33.9 Å². The average Bonchev–Trinajstić information content (AvgIpc) is 2.66. The molecule has 24 heavy (non-hydrogen) atoms. The van der Waals surface area contributed by atoms with Crippen molar-refractivity contribution in [3.05, 3.63) is 71.8 Å². The molecule has 3 heteroatoms. The summed E-state index contributed by atoms with van der Waals surface area (Å²) in [5.74, 6) is 0. The Labute approximate surface area is 153 Å². The first-order chi connectivity index (χ1) is 11.7. The largest absolute Gasteiger partial charge is 0.320 e. The van der Waals surface area contributed by atoms with Gasteiger partial charge in [0.2, 0.25) is 0 Å². The second-order valence-electron chi connectivity index (χ2n) is 4.77. The third-order valence-corrected chi connectivity index (χ3v) is 3.37. The Morgan fingerprint density at radius 2 is 1.12 bits per heavy atom. The molecule has 2 aromatic rings. The van der Waals surface area contributed by atoms with Crippen LogP contribution in [0.5, 0.6) is 0 Å². The number of rotatable bonds is 3. The summed E-state index contributed by atoms with van der Waals surface area (Å²) in [5, 5.41) is 3.09.